The average molecular weight is 284 g/mol. The van der Waals surface area contributed by atoms with Crippen molar-refractivity contribution in [1.29, 1.82) is 0 Å². The SMILES string of the molecule is Cc1cccc(N)c1Sc1ccc(C(F)(F)F)cn1. The minimum Gasteiger partial charge on any atom is -0.398 e. The van der Waals surface area contributed by atoms with Gasteiger partial charge >= 0.3 is 6.18 Å². The van der Waals surface area contributed by atoms with Crippen molar-refractivity contribution in [3.8, 4) is 0 Å². The van der Waals surface area contributed by atoms with Crippen molar-refractivity contribution < 1.29 is 13.2 Å². The lowest BCUT2D eigenvalue weighted by atomic mass is 10.2. The van der Waals surface area contributed by atoms with Gasteiger partial charge in [0.25, 0.3) is 0 Å². The quantitative estimate of drug-likeness (QED) is 0.842. The fourth-order valence-corrected chi connectivity index (χ4v) is 2.39. The van der Waals surface area contributed by atoms with Gasteiger partial charge in [-0.1, -0.05) is 23.9 Å². The highest BCUT2D eigenvalue weighted by Crippen LogP contribution is 2.35. The fourth-order valence-electron chi connectivity index (χ4n) is 1.53. The lowest BCUT2D eigenvalue weighted by Gasteiger charge is -2.09. The third-order valence-corrected chi connectivity index (χ3v) is 3.73. The molecule has 1 heterocycles. The van der Waals surface area contributed by atoms with E-state index in [1.807, 2.05) is 19.1 Å². The molecule has 0 aliphatic rings. The Labute approximate surface area is 112 Å². The molecule has 0 aliphatic heterocycles. The molecule has 0 fully saturated rings. The fraction of sp³-hybridized carbons (Fsp3) is 0.154. The smallest absolute Gasteiger partial charge is 0.398 e. The zero-order valence-electron chi connectivity index (χ0n) is 10.0. The first kappa shape index (κ1) is 13.7. The van der Waals surface area contributed by atoms with E-state index in [2.05, 4.69) is 4.98 Å². The summed E-state index contributed by atoms with van der Waals surface area (Å²) >= 11 is 1.26. The predicted molar refractivity (Wildman–Crippen MR) is 69.0 cm³/mol. The van der Waals surface area contributed by atoms with E-state index in [1.165, 1.54) is 17.8 Å². The van der Waals surface area contributed by atoms with Gasteiger partial charge in [-0.25, -0.2) is 4.98 Å². The number of anilines is 1. The van der Waals surface area contributed by atoms with Gasteiger partial charge in [0.1, 0.15) is 5.03 Å². The molecule has 6 heteroatoms. The molecule has 2 aromatic rings. The van der Waals surface area contributed by atoms with E-state index in [0.29, 0.717) is 10.7 Å². The lowest BCUT2D eigenvalue weighted by Crippen LogP contribution is -2.05. The van der Waals surface area contributed by atoms with Crippen molar-refractivity contribution >= 4 is 17.4 Å². The topological polar surface area (TPSA) is 38.9 Å². The summed E-state index contributed by atoms with van der Waals surface area (Å²) in [6.07, 6.45) is -3.53. The van der Waals surface area contributed by atoms with Crippen LogP contribution < -0.4 is 5.73 Å². The van der Waals surface area contributed by atoms with Crippen LogP contribution in [-0.2, 0) is 6.18 Å². The lowest BCUT2D eigenvalue weighted by molar-refractivity contribution is -0.137. The number of rotatable bonds is 2. The van der Waals surface area contributed by atoms with Gasteiger partial charge in [0, 0.05) is 16.8 Å². The summed E-state index contributed by atoms with van der Waals surface area (Å²) in [5.41, 5.74) is 6.64. The molecule has 19 heavy (non-hydrogen) atoms. The molecular formula is C13H11F3N2S. The second kappa shape index (κ2) is 5.13. The first-order valence-corrected chi connectivity index (χ1v) is 6.26. The van der Waals surface area contributed by atoms with Crippen LogP contribution in [-0.4, -0.2) is 4.98 Å². The Morgan fingerprint density at radius 3 is 2.42 bits per heavy atom. The van der Waals surface area contributed by atoms with Gasteiger partial charge in [0.05, 0.1) is 5.56 Å². The molecule has 0 aliphatic carbocycles. The van der Waals surface area contributed by atoms with Gasteiger partial charge in [-0.2, -0.15) is 13.2 Å². The predicted octanol–water partition coefficient (Wildman–Crippen LogP) is 4.14. The van der Waals surface area contributed by atoms with Crippen LogP contribution in [0.5, 0.6) is 0 Å². The maximum absolute atomic E-state index is 12.4. The normalized spacial score (nSPS) is 11.6. The molecule has 0 radical (unpaired) electrons. The third-order valence-electron chi connectivity index (χ3n) is 2.51. The Balaban J connectivity index is 2.25. The number of nitrogen functional groups attached to an aromatic ring is 1. The van der Waals surface area contributed by atoms with E-state index in [-0.39, 0.29) is 0 Å². The van der Waals surface area contributed by atoms with Gasteiger partial charge in [-0.05, 0) is 30.7 Å². The Morgan fingerprint density at radius 1 is 1.16 bits per heavy atom. The molecule has 0 amide bonds. The molecule has 0 bridgehead atoms. The van der Waals surface area contributed by atoms with E-state index < -0.39 is 11.7 Å². The summed E-state index contributed by atoms with van der Waals surface area (Å²) in [4.78, 5) is 4.62. The van der Waals surface area contributed by atoms with E-state index >= 15 is 0 Å². The number of aryl methyl sites for hydroxylation is 1. The molecule has 2 rings (SSSR count). The van der Waals surface area contributed by atoms with E-state index in [4.69, 9.17) is 5.73 Å². The van der Waals surface area contributed by atoms with E-state index in [0.717, 1.165) is 22.7 Å². The van der Waals surface area contributed by atoms with Crippen molar-refractivity contribution in [2.75, 3.05) is 5.73 Å². The molecule has 0 unspecified atom stereocenters. The molecule has 0 spiro atoms. The van der Waals surface area contributed by atoms with Crippen LogP contribution in [0.3, 0.4) is 0 Å². The van der Waals surface area contributed by atoms with Crippen LogP contribution in [0.4, 0.5) is 18.9 Å². The minimum atomic E-state index is -4.36. The first-order chi connectivity index (χ1) is 8.88. The Bertz CT molecular complexity index is 559. The Morgan fingerprint density at radius 2 is 1.89 bits per heavy atom. The highest BCUT2D eigenvalue weighted by atomic mass is 32.2. The highest BCUT2D eigenvalue weighted by Gasteiger charge is 2.30. The molecule has 1 aromatic carbocycles. The molecular weight excluding hydrogens is 273 g/mol. The van der Waals surface area contributed by atoms with Crippen LogP contribution in [0, 0.1) is 6.92 Å². The van der Waals surface area contributed by atoms with Crippen LogP contribution in [0.2, 0.25) is 0 Å². The van der Waals surface area contributed by atoms with Crippen LogP contribution in [0.15, 0.2) is 46.5 Å². The maximum atomic E-state index is 12.4. The summed E-state index contributed by atoms with van der Waals surface area (Å²) in [5.74, 6) is 0. The second-order valence-electron chi connectivity index (χ2n) is 3.98. The largest absolute Gasteiger partial charge is 0.417 e. The van der Waals surface area contributed by atoms with Crippen molar-refractivity contribution in [3.63, 3.8) is 0 Å². The van der Waals surface area contributed by atoms with Gasteiger partial charge < -0.3 is 5.73 Å². The molecule has 0 saturated heterocycles. The standard InChI is InChI=1S/C13H11F3N2S/c1-8-3-2-4-10(17)12(8)19-11-6-5-9(7-18-11)13(14,15)16/h2-7H,17H2,1H3. The number of halogens is 3. The summed E-state index contributed by atoms with van der Waals surface area (Å²) < 4.78 is 37.2. The number of hydrogen-bond donors (Lipinski definition) is 1. The summed E-state index contributed by atoms with van der Waals surface area (Å²) in [7, 11) is 0. The van der Waals surface area contributed by atoms with Crippen molar-refractivity contribution in [2.24, 2.45) is 0 Å². The van der Waals surface area contributed by atoms with E-state index in [1.54, 1.807) is 6.07 Å². The maximum Gasteiger partial charge on any atom is 0.417 e. The zero-order valence-corrected chi connectivity index (χ0v) is 10.8. The monoisotopic (exact) mass is 284 g/mol. The third kappa shape index (κ3) is 3.20. The van der Waals surface area contributed by atoms with Crippen LogP contribution >= 0.6 is 11.8 Å². The average Bonchev–Trinajstić information content (AvgIpc) is 2.33. The molecule has 2 nitrogen and oxygen atoms in total. The first-order valence-electron chi connectivity index (χ1n) is 5.44. The number of nitrogens with zero attached hydrogens (tertiary/aromatic N) is 1. The van der Waals surface area contributed by atoms with Crippen molar-refractivity contribution in [1.82, 2.24) is 4.98 Å². The molecule has 1 aromatic heterocycles. The second-order valence-corrected chi connectivity index (χ2v) is 5.01. The number of nitrogens with two attached hydrogens (primary N) is 1. The number of hydrogen-bond acceptors (Lipinski definition) is 3. The number of pyridine rings is 1. The number of alkyl halides is 3. The molecule has 0 saturated carbocycles. The van der Waals surface area contributed by atoms with Gasteiger partial charge in [0.2, 0.25) is 0 Å². The van der Waals surface area contributed by atoms with E-state index in [9.17, 15) is 13.2 Å². The number of aromatic nitrogens is 1. The zero-order chi connectivity index (χ0) is 14.0. The van der Waals surface area contributed by atoms with Gasteiger partial charge in [0.15, 0.2) is 0 Å². The summed E-state index contributed by atoms with van der Waals surface area (Å²) in [6.45, 7) is 1.89. The molecule has 100 valence electrons. The summed E-state index contributed by atoms with van der Waals surface area (Å²) in [6, 6.07) is 7.83. The van der Waals surface area contributed by atoms with Gasteiger partial charge in [-0.3, -0.25) is 0 Å². The van der Waals surface area contributed by atoms with Crippen molar-refractivity contribution in [2.45, 2.75) is 23.0 Å². The summed E-state index contributed by atoms with van der Waals surface area (Å²) in [5, 5.41) is 0.481. The Kier molecular flexibility index (Phi) is 3.71. The Hall–Kier alpha value is -1.69. The molecule has 0 atom stereocenters. The van der Waals surface area contributed by atoms with Crippen molar-refractivity contribution in [3.05, 3.63) is 47.7 Å². The van der Waals surface area contributed by atoms with Gasteiger partial charge in [-0.15, -0.1) is 0 Å². The molecule has 2 N–H and O–H groups in total. The highest BCUT2D eigenvalue weighted by molar-refractivity contribution is 7.99. The number of benzene rings is 1. The van der Waals surface area contributed by atoms with Crippen LogP contribution in [0.1, 0.15) is 11.1 Å². The van der Waals surface area contributed by atoms with Crippen LogP contribution in [0.25, 0.3) is 0 Å². The minimum absolute atomic E-state index is 0.481.